The number of aliphatic hydroxyl groups excluding tert-OH is 1. The van der Waals surface area contributed by atoms with Crippen molar-refractivity contribution in [1.82, 2.24) is 4.98 Å². The van der Waals surface area contributed by atoms with Crippen molar-refractivity contribution in [1.29, 1.82) is 0 Å². The van der Waals surface area contributed by atoms with E-state index < -0.39 is 0 Å². The Labute approximate surface area is 105 Å². The molecular weight excluding hydrogens is 236 g/mol. The molecule has 100 valence electrons. The molecule has 0 radical (unpaired) electrons. The van der Waals surface area contributed by atoms with Crippen molar-refractivity contribution in [3.63, 3.8) is 0 Å². The molecule has 4 N–H and O–H groups in total. The molecule has 1 heterocycles. The molecule has 0 aliphatic carbocycles. The number of nitrogens with zero attached hydrogens (tertiary/aromatic N) is 3. The van der Waals surface area contributed by atoms with Crippen molar-refractivity contribution >= 4 is 11.5 Å². The molecule has 0 bridgehead atoms. The summed E-state index contributed by atoms with van der Waals surface area (Å²) in [6, 6.07) is 3.49. The lowest BCUT2D eigenvalue weighted by molar-refractivity contribution is 0.203. The lowest BCUT2D eigenvalue weighted by Gasteiger charge is -2.23. The third-order valence-electron chi connectivity index (χ3n) is 2.41. The third-order valence-corrected chi connectivity index (χ3v) is 2.41. The molecule has 0 aliphatic heterocycles. The molecule has 1 aromatic rings. The van der Waals surface area contributed by atoms with Crippen LogP contribution in [0.3, 0.4) is 0 Å². The molecule has 0 aromatic carbocycles. The summed E-state index contributed by atoms with van der Waals surface area (Å²) in [7, 11) is 1.62. The number of oxime groups is 1. The van der Waals surface area contributed by atoms with Gasteiger partial charge in [-0.15, -0.1) is 0 Å². The van der Waals surface area contributed by atoms with E-state index in [2.05, 4.69) is 10.1 Å². The van der Waals surface area contributed by atoms with E-state index in [9.17, 15) is 0 Å². The van der Waals surface area contributed by atoms with Gasteiger partial charge in [-0.3, -0.25) is 4.98 Å². The Bertz CT molecular complexity index is 398. The van der Waals surface area contributed by atoms with E-state index in [4.69, 9.17) is 20.8 Å². The van der Waals surface area contributed by atoms with Gasteiger partial charge in [-0.05, 0) is 12.1 Å². The van der Waals surface area contributed by atoms with Crippen LogP contribution < -0.4 is 10.6 Å². The number of hydrogen-bond donors (Lipinski definition) is 3. The maximum absolute atomic E-state index is 9.04. The van der Waals surface area contributed by atoms with Crippen LogP contribution in [0.15, 0.2) is 23.5 Å². The van der Waals surface area contributed by atoms with E-state index in [-0.39, 0.29) is 12.4 Å². The van der Waals surface area contributed by atoms with Crippen LogP contribution in [0.2, 0.25) is 0 Å². The average Bonchev–Trinajstić information content (AvgIpc) is 2.42. The Morgan fingerprint density at radius 2 is 2.33 bits per heavy atom. The van der Waals surface area contributed by atoms with Gasteiger partial charge < -0.3 is 25.7 Å². The van der Waals surface area contributed by atoms with Crippen LogP contribution in [0, 0.1) is 0 Å². The number of pyridine rings is 1. The minimum atomic E-state index is -0.0486. The molecule has 0 saturated heterocycles. The van der Waals surface area contributed by atoms with E-state index in [1.165, 1.54) is 0 Å². The van der Waals surface area contributed by atoms with Gasteiger partial charge in [0.15, 0.2) is 5.84 Å². The molecule has 18 heavy (non-hydrogen) atoms. The molecule has 0 unspecified atom stereocenters. The highest BCUT2D eigenvalue weighted by Crippen LogP contribution is 2.14. The smallest absolute Gasteiger partial charge is 0.188 e. The summed E-state index contributed by atoms with van der Waals surface area (Å²) in [4.78, 5) is 5.93. The normalized spacial score (nSPS) is 11.6. The predicted molar refractivity (Wildman–Crippen MR) is 67.9 cm³/mol. The second-order valence-electron chi connectivity index (χ2n) is 3.59. The zero-order valence-electron chi connectivity index (χ0n) is 10.3. The second kappa shape index (κ2) is 7.46. The van der Waals surface area contributed by atoms with Crippen LogP contribution in [-0.4, -0.2) is 54.5 Å². The number of ether oxygens (including phenoxy) is 1. The fourth-order valence-electron chi connectivity index (χ4n) is 1.50. The van der Waals surface area contributed by atoms with E-state index in [0.29, 0.717) is 25.4 Å². The van der Waals surface area contributed by atoms with Gasteiger partial charge in [0.1, 0.15) is 5.69 Å². The summed E-state index contributed by atoms with van der Waals surface area (Å²) in [5, 5.41) is 20.6. The standard InChI is InChI=1S/C11H18N4O3/c1-18-7-5-15(4-6-16)9-2-3-13-10(8-9)11(12)14-17/h2-3,8,16-17H,4-7H2,1H3,(H2,12,14). The zero-order chi connectivity index (χ0) is 13.4. The molecule has 0 fully saturated rings. The zero-order valence-corrected chi connectivity index (χ0v) is 10.3. The SMILES string of the molecule is COCCN(CCO)c1ccnc(/C(N)=N/O)c1. The Balaban J connectivity index is 2.90. The highest BCUT2D eigenvalue weighted by Gasteiger charge is 2.08. The van der Waals surface area contributed by atoms with Gasteiger partial charge in [0.05, 0.1) is 13.2 Å². The first-order valence-corrected chi connectivity index (χ1v) is 5.51. The highest BCUT2D eigenvalue weighted by molar-refractivity contribution is 5.95. The summed E-state index contributed by atoms with van der Waals surface area (Å²) < 4.78 is 5.01. The molecule has 0 atom stereocenters. The van der Waals surface area contributed by atoms with Gasteiger partial charge in [0.25, 0.3) is 0 Å². The Hall–Kier alpha value is -1.86. The molecule has 1 rings (SSSR count). The van der Waals surface area contributed by atoms with Crippen LogP contribution in [0.4, 0.5) is 5.69 Å². The Morgan fingerprint density at radius 1 is 1.56 bits per heavy atom. The van der Waals surface area contributed by atoms with Crippen molar-refractivity contribution in [2.75, 3.05) is 38.3 Å². The van der Waals surface area contributed by atoms with Crippen molar-refractivity contribution in [3.8, 4) is 0 Å². The number of nitrogens with two attached hydrogens (primary N) is 1. The van der Waals surface area contributed by atoms with Crippen molar-refractivity contribution in [2.24, 2.45) is 10.9 Å². The first-order valence-electron chi connectivity index (χ1n) is 5.51. The fourth-order valence-corrected chi connectivity index (χ4v) is 1.50. The van der Waals surface area contributed by atoms with Crippen molar-refractivity contribution in [2.45, 2.75) is 0 Å². The number of rotatable bonds is 7. The highest BCUT2D eigenvalue weighted by atomic mass is 16.5. The number of hydrogen-bond acceptors (Lipinski definition) is 6. The number of aromatic nitrogens is 1. The van der Waals surface area contributed by atoms with Crippen LogP contribution >= 0.6 is 0 Å². The molecule has 7 heteroatoms. The van der Waals surface area contributed by atoms with Crippen LogP contribution in [0.1, 0.15) is 5.69 Å². The van der Waals surface area contributed by atoms with Crippen LogP contribution in [0.25, 0.3) is 0 Å². The fraction of sp³-hybridized carbons (Fsp3) is 0.455. The van der Waals surface area contributed by atoms with Gasteiger partial charge >= 0.3 is 0 Å². The Kier molecular flexibility index (Phi) is 5.89. The molecule has 0 amide bonds. The largest absolute Gasteiger partial charge is 0.409 e. The van der Waals surface area contributed by atoms with E-state index >= 15 is 0 Å². The van der Waals surface area contributed by atoms with Gasteiger partial charge in [0.2, 0.25) is 0 Å². The second-order valence-corrected chi connectivity index (χ2v) is 3.59. The summed E-state index contributed by atoms with van der Waals surface area (Å²) in [6.45, 7) is 1.69. The molecular formula is C11H18N4O3. The lowest BCUT2D eigenvalue weighted by Crippen LogP contribution is -2.30. The molecule has 0 saturated carbocycles. The topological polar surface area (TPSA) is 104 Å². The Morgan fingerprint density at radius 3 is 2.94 bits per heavy atom. The summed E-state index contributed by atoms with van der Waals surface area (Å²) in [5.74, 6) is -0.0486. The number of amidine groups is 1. The number of anilines is 1. The summed E-state index contributed by atoms with van der Waals surface area (Å²) >= 11 is 0. The first-order chi connectivity index (χ1) is 8.72. The van der Waals surface area contributed by atoms with E-state index in [0.717, 1.165) is 5.69 Å². The first kappa shape index (κ1) is 14.2. The molecule has 0 aliphatic rings. The number of methoxy groups -OCH3 is 1. The van der Waals surface area contributed by atoms with Crippen molar-refractivity contribution < 1.29 is 15.1 Å². The van der Waals surface area contributed by atoms with Crippen molar-refractivity contribution in [3.05, 3.63) is 24.0 Å². The maximum atomic E-state index is 9.04. The summed E-state index contributed by atoms with van der Waals surface area (Å²) in [5.41, 5.74) is 6.70. The minimum absolute atomic E-state index is 0.0327. The minimum Gasteiger partial charge on any atom is -0.409 e. The van der Waals surface area contributed by atoms with E-state index in [1.807, 2.05) is 4.90 Å². The quantitative estimate of drug-likeness (QED) is 0.265. The molecule has 0 spiro atoms. The van der Waals surface area contributed by atoms with Gasteiger partial charge in [-0.25, -0.2) is 0 Å². The van der Waals surface area contributed by atoms with Crippen LogP contribution in [-0.2, 0) is 4.74 Å². The lowest BCUT2D eigenvalue weighted by atomic mass is 10.2. The van der Waals surface area contributed by atoms with Gasteiger partial charge in [-0.2, -0.15) is 0 Å². The van der Waals surface area contributed by atoms with Gasteiger partial charge in [-0.1, -0.05) is 5.16 Å². The monoisotopic (exact) mass is 254 g/mol. The summed E-state index contributed by atoms with van der Waals surface area (Å²) in [6.07, 6.45) is 1.57. The number of aliphatic hydroxyl groups is 1. The predicted octanol–water partition coefficient (Wildman–Crippen LogP) is -0.379. The third kappa shape index (κ3) is 3.86. The van der Waals surface area contributed by atoms with Crippen LogP contribution in [0.5, 0.6) is 0 Å². The maximum Gasteiger partial charge on any atom is 0.188 e. The van der Waals surface area contributed by atoms with E-state index in [1.54, 1.807) is 25.4 Å². The molecule has 1 aromatic heterocycles. The molecule has 7 nitrogen and oxygen atoms in total. The van der Waals surface area contributed by atoms with Gasteiger partial charge in [0, 0.05) is 32.1 Å². The average molecular weight is 254 g/mol.